The molecule has 6 heteroatoms. The predicted octanol–water partition coefficient (Wildman–Crippen LogP) is 3.99. The molecule has 0 saturated heterocycles. The number of aromatic hydroxyl groups is 1. The van der Waals surface area contributed by atoms with Gasteiger partial charge < -0.3 is 14.6 Å². The van der Waals surface area contributed by atoms with E-state index in [-0.39, 0.29) is 14.3 Å². The molecule has 2 aromatic rings. The molecular formula is C19H22FO4P. The number of ether oxygens (including phenoxy) is 2. The first-order valence-electron chi connectivity index (χ1n) is 7.87. The molecule has 0 fully saturated rings. The maximum Gasteiger partial charge on any atom is 0.164 e. The Hall–Kier alpha value is -2.13. The van der Waals surface area contributed by atoms with Crippen LogP contribution < -0.4 is 14.8 Å². The minimum atomic E-state index is -0.471. The van der Waals surface area contributed by atoms with Crippen LogP contribution in [0.5, 0.6) is 17.2 Å². The average Bonchev–Trinajstić information content (AvgIpc) is 2.63. The zero-order valence-electron chi connectivity index (χ0n) is 14.7. The first-order valence-corrected chi connectivity index (χ1v) is 8.87. The first kappa shape index (κ1) is 19.2. The second-order valence-corrected chi connectivity index (χ2v) is 7.78. The summed E-state index contributed by atoms with van der Waals surface area (Å²) in [7, 11) is 3.18. The number of benzene rings is 2. The van der Waals surface area contributed by atoms with Gasteiger partial charge in [-0.15, -0.1) is 0 Å². The van der Waals surface area contributed by atoms with Gasteiger partial charge in [-0.3, -0.25) is 4.79 Å². The summed E-state index contributed by atoms with van der Waals surface area (Å²) in [6.07, 6.45) is 1.36. The van der Waals surface area contributed by atoms with Crippen molar-refractivity contribution in [1.82, 2.24) is 0 Å². The Bertz CT molecular complexity index is 778. The van der Waals surface area contributed by atoms with E-state index in [9.17, 15) is 14.3 Å². The summed E-state index contributed by atoms with van der Waals surface area (Å²) in [5.74, 6) is 0.507. The molecule has 0 radical (unpaired) electrons. The fraction of sp³-hybridized carbons (Fsp3) is 0.316. The number of aldehydes is 1. The largest absolute Gasteiger partial charge is 0.504 e. The van der Waals surface area contributed by atoms with E-state index in [1.54, 1.807) is 25.3 Å². The SMILES string of the molecule is CCC(C)(Pc1ccc(F)cc1C=O)c1cc(OC)cc(OC)c1O. The third kappa shape index (κ3) is 3.93. The smallest absolute Gasteiger partial charge is 0.164 e. The Morgan fingerprint density at radius 3 is 2.52 bits per heavy atom. The van der Waals surface area contributed by atoms with E-state index in [2.05, 4.69) is 0 Å². The van der Waals surface area contributed by atoms with Crippen molar-refractivity contribution in [3.05, 3.63) is 47.3 Å². The summed E-state index contributed by atoms with van der Waals surface area (Å²) in [6.45, 7) is 4.00. The molecule has 0 heterocycles. The van der Waals surface area contributed by atoms with E-state index in [1.165, 1.54) is 19.2 Å². The topological polar surface area (TPSA) is 55.8 Å². The van der Waals surface area contributed by atoms with Crippen LogP contribution in [0.1, 0.15) is 36.2 Å². The lowest BCUT2D eigenvalue weighted by atomic mass is 9.95. The number of rotatable bonds is 7. The zero-order valence-corrected chi connectivity index (χ0v) is 15.7. The number of hydrogen-bond donors (Lipinski definition) is 1. The van der Waals surface area contributed by atoms with Crippen molar-refractivity contribution >= 4 is 20.2 Å². The van der Waals surface area contributed by atoms with E-state index in [0.717, 1.165) is 5.30 Å². The quantitative estimate of drug-likeness (QED) is 0.596. The lowest BCUT2D eigenvalue weighted by Crippen LogP contribution is -2.20. The van der Waals surface area contributed by atoms with Crippen molar-refractivity contribution in [3.8, 4) is 17.2 Å². The summed E-state index contributed by atoms with van der Waals surface area (Å²) in [5, 5.41) is 10.9. The van der Waals surface area contributed by atoms with Crippen LogP contribution in [-0.2, 0) is 5.16 Å². The summed E-state index contributed by atoms with van der Waals surface area (Å²) >= 11 is 0. The third-order valence-corrected chi connectivity index (χ3v) is 6.26. The van der Waals surface area contributed by atoms with Gasteiger partial charge >= 0.3 is 0 Å². The second kappa shape index (κ2) is 7.83. The molecule has 2 aromatic carbocycles. The zero-order chi connectivity index (χ0) is 18.6. The molecule has 0 bridgehead atoms. The normalized spacial score (nSPS) is 13.6. The van der Waals surface area contributed by atoms with Gasteiger partial charge in [-0.25, -0.2) is 4.39 Å². The lowest BCUT2D eigenvalue weighted by molar-refractivity contribution is 0.112. The van der Waals surface area contributed by atoms with Crippen LogP contribution in [-0.4, -0.2) is 25.6 Å². The molecule has 25 heavy (non-hydrogen) atoms. The van der Waals surface area contributed by atoms with E-state index in [0.29, 0.717) is 35.3 Å². The van der Waals surface area contributed by atoms with Gasteiger partial charge in [0.1, 0.15) is 11.6 Å². The molecule has 0 spiro atoms. The highest BCUT2D eigenvalue weighted by Crippen LogP contribution is 2.50. The minimum Gasteiger partial charge on any atom is -0.504 e. The van der Waals surface area contributed by atoms with Gasteiger partial charge in [-0.2, -0.15) is 0 Å². The molecule has 2 atom stereocenters. The third-order valence-electron chi connectivity index (χ3n) is 4.36. The molecule has 134 valence electrons. The highest BCUT2D eigenvalue weighted by Gasteiger charge is 2.31. The summed E-state index contributed by atoms with van der Waals surface area (Å²) in [5.41, 5.74) is 0.998. The van der Waals surface area contributed by atoms with Crippen molar-refractivity contribution in [1.29, 1.82) is 0 Å². The van der Waals surface area contributed by atoms with Crippen molar-refractivity contribution in [3.63, 3.8) is 0 Å². The Balaban J connectivity index is 2.56. The van der Waals surface area contributed by atoms with Gasteiger partial charge in [-0.05, 0) is 29.9 Å². The van der Waals surface area contributed by atoms with Crippen LogP contribution in [0.25, 0.3) is 0 Å². The highest BCUT2D eigenvalue weighted by atomic mass is 31.1. The number of methoxy groups -OCH3 is 2. The van der Waals surface area contributed by atoms with Crippen LogP contribution >= 0.6 is 8.58 Å². The van der Waals surface area contributed by atoms with E-state index in [1.807, 2.05) is 13.8 Å². The predicted molar refractivity (Wildman–Crippen MR) is 98.6 cm³/mol. The van der Waals surface area contributed by atoms with Crippen molar-refractivity contribution < 1.29 is 23.8 Å². The van der Waals surface area contributed by atoms with Gasteiger partial charge in [0.05, 0.1) is 14.2 Å². The molecule has 0 aliphatic heterocycles. The van der Waals surface area contributed by atoms with Crippen LogP contribution in [0.3, 0.4) is 0 Å². The maximum atomic E-state index is 13.4. The molecule has 0 aliphatic rings. The fourth-order valence-corrected chi connectivity index (χ4v) is 4.20. The molecule has 0 aliphatic carbocycles. The van der Waals surface area contributed by atoms with Gasteiger partial charge in [0, 0.05) is 22.3 Å². The number of halogens is 1. The van der Waals surface area contributed by atoms with Crippen molar-refractivity contribution in [2.45, 2.75) is 25.4 Å². The average molecular weight is 364 g/mol. The van der Waals surface area contributed by atoms with E-state index >= 15 is 0 Å². The molecule has 0 aromatic heterocycles. The number of phenols is 1. The molecule has 4 nitrogen and oxygen atoms in total. The molecule has 2 unspecified atom stereocenters. The van der Waals surface area contributed by atoms with Crippen molar-refractivity contribution in [2.24, 2.45) is 0 Å². The molecule has 1 N–H and O–H groups in total. The monoisotopic (exact) mass is 364 g/mol. The highest BCUT2D eigenvalue weighted by molar-refractivity contribution is 7.48. The number of carbonyl (C=O) groups excluding carboxylic acids is 1. The van der Waals surface area contributed by atoms with E-state index in [4.69, 9.17) is 9.47 Å². The van der Waals surface area contributed by atoms with Crippen LogP contribution in [0.4, 0.5) is 4.39 Å². The Morgan fingerprint density at radius 1 is 1.24 bits per heavy atom. The minimum absolute atomic E-state index is 0.0508. The van der Waals surface area contributed by atoms with Gasteiger partial charge in [0.15, 0.2) is 17.8 Å². The number of phenolic OH excluding ortho intramolecular Hbond substituents is 1. The number of hydrogen-bond acceptors (Lipinski definition) is 4. The Morgan fingerprint density at radius 2 is 1.96 bits per heavy atom. The first-order chi connectivity index (χ1) is 11.9. The molecule has 0 amide bonds. The number of carbonyl (C=O) groups is 1. The molecule has 0 saturated carbocycles. The summed E-state index contributed by atoms with van der Waals surface area (Å²) < 4.78 is 24.0. The Kier molecular flexibility index (Phi) is 6.02. The standard InChI is InChI=1S/C19H22FO4P/c1-5-19(2,25-17-7-6-13(20)8-12(17)11-21)15-9-14(23-3)10-16(24-4)18(15)22/h6-11,22,25H,5H2,1-4H3. The summed E-state index contributed by atoms with van der Waals surface area (Å²) in [6, 6.07) is 7.60. The van der Waals surface area contributed by atoms with Gasteiger partial charge in [0.2, 0.25) is 0 Å². The lowest BCUT2D eigenvalue weighted by Gasteiger charge is -2.31. The van der Waals surface area contributed by atoms with Crippen LogP contribution in [0.15, 0.2) is 30.3 Å². The van der Waals surface area contributed by atoms with Gasteiger partial charge in [0.25, 0.3) is 0 Å². The second-order valence-electron chi connectivity index (χ2n) is 5.89. The fourth-order valence-electron chi connectivity index (χ4n) is 2.66. The summed E-state index contributed by atoms with van der Waals surface area (Å²) in [4.78, 5) is 11.3. The Labute approximate surface area is 148 Å². The molecule has 2 rings (SSSR count). The van der Waals surface area contributed by atoms with Gasteiger partial charge in [-0.1, -0.05) is 28.5 Å². The van der Waals surface area contributed by atoms with Crippen molar-refractivity contribution in [2.75, 3.05) is 14.2 Å². The molecular weight excluding hydrogens is 342 g/mol. The maximum absolute atomic E-state index is 13.4. The van der Waals surface area contributed by atoms with Crippen LogP contribution in [0.2, 0.25) is 0 Å². The van der Waals surface area contributed by atoms with E-state index < -0.39 is 11.0 Å². The van der Waals surface area contributed by atoms with Crippen LogP contribution in [0, 0.1) is 5.82 Å².